The van der Waals surface area contributed by atoms with Crippen LogP contribution in [0.4, 0.5) is 0 Å². The number of unbranched alkanes of at least 4 members (excludes halogenated alkanes) is 4. The van der Waals surface area contributed by atoms with E-state index in [2.05, 4.69) is 31.3 Å². The zero-order valence-electron chi connectivity index (χ0n) is 15.2. The first-order valence-corrected chi connectivity index (χ1v) is 7.18. The number of nitrogens with one attached hydrogen (secondary N) is 1. The number of aliphatic hydroxyl groups is 1. The van der Waals surface area contributed by atoms with Crippen molar-refractivity contribution in [3.8, 4) is 0 Å². The van der Waals surface area contributed by atoms with Gasteiger partial charge in [-0.25, -0.2) is 0 Å². The Balaban J connectivity index is -0.000000189. The summed E-state index contributed by atoms with van der Waals surface area (Å²) in [5.41, 5.74) is -0.870. The Morgan fingerprint density at radius 2 is 1.50 bits per heavy atom. The third kappa shape index (κ3) is 43.3. The molecule has 2 N–H and O–H groups in total. The van der Waals surface area contributed by atoms with Crippen LogP contribution >= 0.6 is 0 Å². The van der Waals surface area contributed by atoms with Crippen molar-refractivity contribution in [1.29, 1.82) is 0 Å². The van der Waals surface area contributed by atoms with Gasteiger partial charge >= 0.3 is 33.9 Å². The van der Waals surface area contributed by atoms with Crippen LogP contribution in [0.25, 0.3) is 0 Å². The maximum Gasteiger partial charge on any atom is 0 e. The van der Waals surface area contributed by atoms with Gasteiger partial charge in [0.1, 0.15) is 0 Å². The second-order valence-electron chi connectivity index (χ2n) is 4.85. The first-order chi connectivity index (χ1) is 12.0. The van der Waals surface area contributed by atoms with Gasteiger partial charge < -0.3 is 10.4 Å². The van der Waals surface area contributed by atoms with E-state index in [-0.39, 0.29) is 29.5 Å². The van der Waals surface area contributed by atoms with Crippen LogP contribution < -0.4 is 5.32 Å². The van der Waals surface area contributed by atoms with Gasteiger partial charge in [0.2, 0.25) is 5.91 Å². The van der Waals surface area contributed by atoms with Crippen molar-refractivity contribution < 1.29 is 40.9 Å². The largest absolute Gasteiger partial charge is 0 e. The first kappa shape index (κ1) is 35.7. The Morgan fingerprint density at radius 3 is 1.96 bits per heavy atom. The van der Waals surface area contributed by atoms with Gasteiger partial charge in [-0.3, -0.25) is 4.79 Å². The SMILES string of the molecule is C[CH][CH][CH][CH]/C=C\CC/C=C/C(=O)NCC(C)(C)O.[C-]#[O+].[C-]#[O+].[C-]#[O+].[Fe]. The van der Waals surface area contributed by atoms with Gasteiger partial charge in [0.25, 0.3) is 0 Å². The molecule has 6 nitrogen and oxygen atoms in total. The normalized spacial score (nSPS) is 9.31. The Morgan fingerprint density at radius 1 is 1.00 bits per heavy atom. The van der Waals surface area contributed by atoms with Crippen molar-refractivity contribution in [3.63, 3.8) is 0 Å². The molecule has 0 aliphatic rings. The Labute approximate surface area is 168 Å². The van der Waals surface area contributed by atoms with Gasteiger partial charge in [-0.05, 0) is 58.4 Å². The Kier molecular flexibility index (Phi) is 43.2. The summed E-state index contributed by atoms with van der Waals surface area (Å²) in [5.74, 6) is -0.168. The molecule has 4 radical (unpaired) electrons. The van der Waals surface area contributed by atoms with E-state index in [1.54, 1.807) is 13.8 Å². The number of carbonyl (C=O) groups excluding carboxylic acids is 1. The third-order valence-electron chi connectivity index (χ3n) is 2.13. The molecule has 0 aliphatic carbocycles. The second kappa shape index (κ2) is 31.4. The Hall–Kier alpha value is -1.35. The van der Waals surface area contributed by atoms with Crippen molar-refractivity contribution in [2.24, 2.45) is 0 Å². The molecule has 0 aromatic heterocycles. The minimum Gasteiger partial charge on any atom is 0 e. The molecule has 0 bridgehead atoms. The molecule has 0 heterocycles. The smallest absolute Gasteiger partial charge is 0 e. The summed E-state index contributed by atoms with van der Waals surface area (Å²) in [6.07, 6.45) is 17.0. The maximum atomic E-state index is 11.4. The maximum absolute atomic E-state index is 11.4. The van der Waals surface area contributed by atoms with E-state index in [0.717, 1.165) is 12.8 Å². The first-order valence-electron chi connectivity index (χ1n) is 7.18. The van der Waals surface area contributed by atoms with E-state index < -0.39 is 5.60 Å². The fourth-order valence-electron chi connectivity index (χ4n) is 1.16. The monoisotopic (exact) mass is 403 g/mol. The van der Waals surface area contributed by atoms with Crippen LogP contribution in [0.2, 0.25) is 0 Å². The fourth-order valence-corrected chi connectivity index (χ4v) is 1.16. The van der Waals surface area contributed by atoms with Crippen molar-refractivity contribution in [1.82, 2.24) is 5.32 Å². The molecule has 1 amide bonds. The van der Waals surface area contributed by atoms with Crippen LogP contribution in [0.1, 0.15) is 33.6 Å². The molecule has 7 heteroatoms. The molecule has 0 atom stereocenters. The quantitative estimate of drug-likeness (QED) is 0.192. The zero-order valence-corrected chi connectivity index (χ0v) is 16.3. The number of rotatable bonds is 10. The van der Waals surface area contributed by atoms with E-state index in [0.29, 0.717) is 0 Å². The fraction of sp³-hybridized carbons (Fsp3) is 0.368. The molecule has 0 saturated carbocycles. The molecule has 0 aromatic carbocycles. The molecule has 0 aromatic rings. The van der Waals surface area contributed by atoms with Gasteiger partial charge in [-0.2, -0.15) is 0 Å². The molecule has 26 heavy (non-hydrogen) atoms. The van der Waals surface area contributed by atoms with Crippen molar-refractivity contribution >= 4 is 5.91 Å². The van der Waals surface area contributed by atoms with Crippen LogP contribution in [0.5, 0.6) is 0 Å². The minimum absolute atomic E-state index is 0. The van der Waals surface area contributed by atoms with Crippen LogP contribution in [-0.2, 0) is 35.8 Å². The number of carbonyl (C=O) groups is 1. The number of hydrogen-bond acceptors (Lipinski definition) is 2. The standard InChI is InChI=1S/C16H25NO2.3CO.Fe/c1-4-5-6-7-8-9-10-11-12-13-15(18)17-14-16(2,3)19;3*1-2;/h4-9,12-13,19H,10-11,14H2,1-3H3,(H,17,18);;;;/b9-8-,13-12+;;;;. The molecule has 0 spiro atoms. The van der Waals surface area contributed by atoms with Crippen molar-refractivity contribution in [3.05, 3.63) is 69.9 Å². The van der Waals surface area contributed by atoms with Crippen LogP contribution in [0, 0.1) is 45.6 Å². The number of hydrogen-bond donors (Lipinski definition) is 2. The summed E-state index contributed by atoms with van der Waals surface area (Å²) in [7, 11) is 0. The number of amides is 1. The predicted octanol–water partition coefficient (Wildman–Crippen LogP) is 2.49. The van der Waals surface area contributed by atoms with Gasteiger partial charge in [0, 0.05) is 23.6 Å². The zero-order chi connectivity index (χ0) is 20.6. The minimum atomic E-state index is -0.870. The summed E-state index contributed by atoms with van der Waals surface area (Å²) < 4.78 is 22.5. The predicted molar refractivity (Wildman–Crippen MR) is 91.5 cm³/mol. The Bertz CT molecular complexity index is 392. The summed E-state index contributed by atoms with van der Waals surface area (Å²) in [6, 6.07) is 0. The van der Waals surface area contributed by atoms with Crippen LogP contribution in [-0.4, -0.2) is 23.2 Å². The van der Waals surface area contributed by atoms with Gasteiger partial charge in [-0.1, -0.05) is 25.2 Å². The van der Waals surface area contributed by atoms with Gasteiger partial charge in [0.15, 0.2) is 0 Å². The van der Waals surface area contributed by atoms with E-state index >= 15 is 0 Å². The van der Waals surface area contributed by atoms with Gasteiger partial charge in [-0.15, -0.1) is 0 Å². The molecular weight excluding hydrogens is 378 g/mol. The molecular formula is C19H25FeNO5. The molecule has 144 valence electrons. The van der Waals surface area contributed by atoms with Gasteiger partial charge in [0.05, 0.1) is 5.60 Å². The van der Waals surface area contributed by atoms with E-state index in [1.165, 1.54) is 6.08 Å². The van der Waals surface area contributed by atoms with E-state index in [4.69, 9.17) is 14.0 Å². The molecule has 0 saturated heterocycles. The molecule has 0 fully saturated rings. The van der Waals surface area contributed by atoms with Crippen LogP contribution in [0.15, 0.2) is 24.3 Å². The average Bonchev–Trinajstić information content (AvgIpc) is 2.63. The van der Waals surface area contributed by atoms with Crippen molar-refractivity contribution in [2.75, 3.05) is 6.54 Å². The van der Waals surface area contributed by atoms with E-state index in [1.807, 2.05) is 44.8 Å². The second-order valence-corrected chi connectivity index (χ2v) is 4.85. The third-order valence-corrected chi connectivity index (χ3v) is 2.13. The van der Waals surface area contributed by atoms with E-state index in [9.17, 15) is 9.90 Å². The summed E-state index contributed by atoms with van der Waals surface area (Å²) in [5, 5.41) is 12.1. The summed E-state index contributed by atoms with van der Waals surface area (Å²) in [4.78, 5) is 11.4. The molecule has 0 rings (SSSR count). The topological polar surface area (TPSA) is 109 Å². The van der Waals surface area contributed by atoms with Crippen LogP contribution in [0.3, 0.4) is 0 Å². The molecule has 0 aliphatic heterocycles. The summed E-state index contributed by atoms with van der Waals surface area (Å²) in [6.45, 7) is 19.0. The molecule has 0 unspecified atom stereocenters. The number of allylic oxidation sites excluding steroid dienone is 3. The average molecular weight is 403 g/mol. The van der Waals surface area contributed by atoms with Crippen molar-refractivity contribution in [2.45, 2.75) is 39.2 Å². The summed E-state index contributed by atoms with van der Waals surface area (Å²) >= 11 is 0.